The van der Waals surface area contributed by atoms with Crippen LogP contribution in [-0.4, -0.2) is 22.1 Å². The standard InChI is InChI=1S/C14H18N4O2/c1-2-3-4-12(15)13(19)17-11-7-5-10(6-8-11)14-18-16-9-20-14/h5-9,12H,2-4,15H2,1H3,(H,17,19). The Morgan fingerprint density at radius 2 is 2.15 bits per heavy atom. The number of carbonyl (C=O) groups is 1. The highest BCUT2D eigenvalue weighted by Gasteiger charge is 2.13. The normalized spacial score (nSPS) is 12.1. The second kappa shape index (κ2) is 6.81. The maximum Gasteiger partial charge on any atom is 0.247 e. The van der Waals surface area contributed by atoms with Crippen LogP contribution < -0.4 is 11.1 Å². The van der Waals surface area contributed by atoms with Crippen molar-refractivity contribution in [3.63, 3.8) is 0 Å². The monoisotopic (exact) mass is 274 g/mol. The van der Waals surface area contributed by atoms with Gasteiger partial charge in [-0.15, -0.1) is 10.2 Å². The molecule has 0 fully saturated rings. The summed E-state index contributed by atoms with van der Waals surface area (Å²) in [6.07, 6.45) is 3.95. The second-order valence-electron chi connectivity index (χ2n) is 4.56. The van der Waals surface area contributed by atoms with Crippen molar-refractivity contribution in [2.75, 3.05) is 5.32 Å². The number of anilines is 1. The molecule has 0 bridgehead atoms. The van der Waals surface area contributed by atoms with E-state index in [0.29, 0.717) is 18.0 Å². The maximum atomic E-state index is 11.9. The van der Waals surface area contributed by atoms with Crippen LogP contribution in [0.25, 0.3) is 11.5 Å². The first-order valence-corrected chi connectivity index (χ1v) is 6.63. The molecule has 0 radical (unpaired) electrons. The third kappa shape index (κ3) is 3.64. The molecule has 0 saturated carbocycles. The van der Waals surface area contributed by atoms with Gasteiger partial charge in [0.1, 0.15) is 0 Å². The molecule has 106 valence electrons. The van der Waals surface area contributed by atoms with Gasteiger partial charge in [-0.05, 0) is 30.7 Å². The Bertz CT molecular complexity index is 537. The topological polar surface area (TPSA) is 94.0 Å². The van der Waals surface area contributed by atoms with Gasteiger partial charge in [0, 0.05) is 11.3 Å². The zero-order chi connectivity index (χ0) is 14.4. The number of benzene rings is 1. The van der Waals surface area contributed by atoms with Crippen molar-refractivity contribution in [2.24, 2.45) is 5.73 Å². The molecule has 20 heavy (non-hydrogen) atoms. The van der Waals surface area contributed by atoms with E-state index in [1.54, 1.807) is 24.3 Å². The Morgan fingerprint density at radius 1 is 1.40 bits per heavy atom. The Balaban J connectivity index is 1.95. The number of amides is 1. The predicted octanol–water partition coefficient (Wildman–Crippen LogP) is 2.19. The second-order valence-corrected chi connectivity index (χ2v) is 4.56. The quantitative estimate of drug-likeness (QED) is 0.842. The molecule has 0 spiro atoms. The number of nitrogens with zero attached hydrogens (tertiary/aromatic N) is 2. The summed E-state index contributed by atoms with van der Waals surface area (Å²) < 4.78 is 5.09. The van der Waals surface area contributed by atoms with Crippen molar-refractivity contribution < 1.29 is 9.21 Å². The molecule has 0 saturated heterocycles. The maximum absolute atomic E-state index is 11.9. The van der Waals surface area contributed by atoms with Crippen molar-refractivity contribution in [2.45, 2.75) is 32.2 Å². The summed E-state index contributed by atoms with van der Waals surface area (Å²) in [6.45, 7) is 2.07. The summed E-state index contributed by atoms with van der Waals surface area (Å²) in [4.78, 5) is 11.9. The van der Waals surface area contributed by atoms with E-state index in [1.807, 2.05) is 0 Å². The van der Waals surface area contributed by atoms with Gasteiger partial charge in [0.15, 0.2) is 0 Å². The van der Waals surface area contributed by atoms with Crippen molar-refractivity contribution in [3.8, 4) is 11.5 Å². The van der Waals surface area contributed by atoms with Gasteiger partial charge in [-0.3, -0.25) is 4.79 Å². The molecule has 1 aromatic heterocycles. The van der Waals surface area contributed by atoms with Gasteiger partial charge < -0.3 is 15.5 Å². The lowest BCUT2D eigenvalue weighted by atomic mass is 10.1. The Morgan fingerprint density at radius 3 is 2.75 bits per heavy atom. The van der Waals surface area contributed by atoms with Crippen molar-refractivity contribution in [3.05, 3.63) is 30.7 Å². The molecule has 1 heterocycles. The van der Waals surface area contributed by atoms with Gasteiger partial charge >= 0.3 is 0 Å². The number of unbranched alkanes of at least 4 members (excludes halogenated alkanes) is 1. The molecule has 6 nitrogen and oxygen atoms in total. The molecule has 1 atom stereocenters. The molecule has 2 aromatic rings. The molecule has 1 aromatic carbocycles. The van der Waals surface area contributed by atoms with Crippen LogP contribution in [0.5, 0.6) is 0 Å². The van der Waals surface area contributed by atoms with Crippen LogP contribution in [0, 0.1) is 0 Å². The van der Waals surface area contributed by atoms with Gasteiger partial charge in [-0.25, -0.2) is 0 Å². The van der Waals surface area contributed by atoms with Crippen LogP contribution in [0.4, 0.5) is 5.69 Å². The zero-order valence-electron chi connectivity index (χ0n) is 11.4. The minimum atomic E-state index is -0.467. The third-order valence-electron chi connectivity index (χ3n) is 2.96. The van der Waals surface area contributed by atoms with E-state index in [1.165, 1.54) is 6.39 Å². The van der Waals surface area contributed by atoms with Crippen LogP contribution in [0.1, 0.15) is 26.2 Å². The van der Waals surface area contributed by atoms with E-state index < -0.39 is 6.04 Å². The molecule has 2 rings (SSSR count). The molecule has 6 heteroatoms. The fraction of sp³-hybridized carbons (Fsp3) is 0.357. The zero-order valence-corrected chi connectivity index (χ0v) is 11.4. The fourth-order valence-corrected chi connectivity index (χ4v) is 1.79. The molecule has 0 aliphatic heterocycles. The molecule has 0 aliphatic carbocycles. The Kier molecular flexibility index (Phi) is 4.84. The molecule has 0 aliphatic rings. The number of nitrogens with one attached hydrogen (secondary N) is 1. The summed E-state index contributed by atoms with van der Waals surface area (Å²) in [6, 6.07) is 6.71. The first-order valence-electron chi connectivity index (χ1n) is 6.63. The lowest BCUT2D eigenvalue weighted by Crippen LogP contribution is -2.35. The third-order valence-corrected chi connectivity index (χ3v) is 2.96. The fourth-order valence-electron chi connectivity index (χ4n) is 1.79. The smallest absolute Gasteiger partial charge is 0.247 e. The van der Waals surface area contributed by atoms with E-state index in [0.717, 1.165) is 18.4 Å². The van der Waals surface area contributed by atoms with Gasteiger partial charge in [0.05, 0.1) is 6.04 Å². The van der Waals surface area contributed by atoms with Gasteiger partial charge in [-0.1, -0.05) is 19.8 Å². The van der Waals surface area contributed by atoms with Crippen molar-refractivity contribution in [1.82, 2.24) is 10.2 Å². The molecule has 1 unspecified atom stereocenters. The van der Waals surface area contributed by atoms with Crippen LogP contribution in [0.2, 0.25) is 0 Å². The number of hydrogen-bond acceptors (Lipinski definition) is 5. The van der Waals surface area contributed by atoms with E-state index >= 15 is 0 Å². The Hall–Kier alpha value is -2.21. The number of rotatable bonds is 6. The molecule has 1 amide bonds. The molecular weight excluding hydrogens is 256 g/mol. The average Bonchev–Trinajstić information content (AvgIpc) is 2.99. The largest absolute Gasteiger partial charge is 0.423 e. The molecular formula is C14H18N4O2. The van der Waals surface area contributed by atoms with Crippen LogP contribution >= 0.6 is 0 Å². The van der Waals surface area contributed by atoms with Gasteiger partial charge in [0.25, 0.3) is 0 Å². The number of nitrogens with two attached hydrogens (primary N) is 1. The Labute approximate surface area is 117 Å². The number of aromatic nitrogens is 2. The van der Waals surface area contributed by atoms with Crippen LogP contribution in [0.15, 0.2) is 35.1 Å². The predicted molar refractivity (Wildman–Crippen MR) is 75.9 cm³/mol. The summed E-state index contributed by atoms with van der Waals surface area (Å²) in [5, 5.41) is 10.2. The van der Waals surface area contributed by atoms with E-state index in [2.05, 4.69) is 22.4 Å². The highest BCUT2D eigenvalue weighted by atomic mass is 16.4. The first-order chi connectivity index (χ1) is 9.70. The van der Waals surface area contributed by atoms with E-state index in [-0.39, 0.29) is 5.91 Å². The van der Waals surface area contributed by atoms with Crippen LogP contribution in [0.3, 0.4) is 0 Å². The van der Waals surface area contributed by atoms with Crippen LogP contribution in [-0.2, 0) is 4.79 Å². The van der Waals surface area contributed by atoms with Gasteiger partial charge in [0.2, 0.25) is 18.2 Å². The van der Waals surface area contributed by atoms with Crippen molar-refractivity contribution >= 4 is 11.6 Å². The summed E-state index contributed by atoms with van der Waals surface area (Å²) in [5.74, 6) is 0.284. The highest BCUT2D eigenvalue weighted by molar-refractivity contribution is 5.94. The minimum Gasteiger partial charge on any atom is -0.423 e. The molecule has 3 N–H and O–H groups in total. The number of hydrogen-bond donors (Lipinski definition) is 2. The SMILES string of the molecule is CCCCC(N)C(=O)Nc1ccc(-c2nnco2)cc1. The summed E-state index contributed by atoms with van der Waals surface area (Å²) >= 11 is 0. The summed E-state index contributed by atoms with van der Waals surface area (Å²) in [7, 11) is 0. The summed E-state index contributed by atoms with van der Waals surface area (Å²) in [5.41, 5.74) is 7.31. The first kappa shape index (κ1) is 14.2. The van der Waals surface area contributed by atoms with E-state index in [9.17, 15) is 4.79 Å². The lowest BCUT2D eigenvalue weighted by molar-refractivity contribution is -0.117. The lowest BCUT2D eigenvalue weighted by Gasteiger charge is -2.11. The van der Waals surface area contributed by atoms with E-state index in [4.69, 9.17) is 10.2 Å². The number of carbonyl (C=O) groups excluding carboxylic acids is 1. The average molecular weight is 274 g/mol. The van der Waals surface area contributed by atoms with Crippen molar-refractivity contribution in [1.29, 1.82) is 0 Å². The highest BCUT2D eigenvalue weighted by Crippen LogP contribution is 2.19. The van der Waals surface area contributed by atoms with Gasteiger partial charge in [-0.2, -0.15) is 0 Å². The minimum absolute atomic E-state index is 0.163.